The van der Waals surface area contributed by atoms with Crippen LogP contribution >= 0.6 is 11.3 Å². The van der Waals surface area contributed by atoms with Gasteiger partial charge in [-0.1, -0.05) is 0 Å². The first-order chi connectivity index (χ1) is 18.3. The minimum Gasteiger partial charge on any atom is -0.476 e. The van der Waals surface area contributed by atoms with Crippen molar-refractivity contribution < 1.29 is 46.9 Å². The fraction of sp³-hybridized carbons (Fsp3) is 0.391. The van der Waals surface area contributed by atoms with E-state index >= 15 is 0 Å². The Morgan fingerprint density at radius 2 is 1.90 bits per heavy atom. The summed E-state index contributed by atoms with van der Waals surface area (Å²) in [4.78, 5) is 50.4. The van der Waals surface area contributed by atoms with Crippen LogP contribution in [0.25, 0.3) is 0 Å². The van der Waals surface area contributed by atoms with Gasteiger partial charge in [0.2, 0.25) is 11.8 Å². The van der Waals surface area contributed by atoms with Gasteiger partial charge in [0.05, 0.1) is 28.7 Å². The van der Waals surface area contributed by atoms with Crippen LogP contribution in [0.5, 0.6) is 5.88 Å². The summed E-state index contributed by atoms with van der Waals surface area (Å²) in [5.74, 6) is -3.71. The van der Waals surface area contributed by atoms with Crippen LogP contribution in [0.3, 0.4) is 0 Å². The summed E-state index contributed by atoms with van der Waals surface area (Å²) in [6, 6.07) is 4.56. The van der Waals surface area contributed by atoms with Crippen LogP contribution in [0.4, 0.5) is 18.2 Å². The predicted octanol–water partition coefficient (Wildman–Crippen LogP) is 2.49. The number of aliphatic carboxylic acids is 1. The number of nitrogens with zero attached hydrogens (tertiary/aromatic N) is 2. The van der Waals surface area contributed by atoms with E-state index in [9.17, 15) is 27.6 Å². The number of carboxylic acids is 1. The van der Waals surface area contributed by atoms with E-state index in [0.29, 0.717) is 28.4 Å². The second-order valence-electron chi connectivity index (χ2n) is 7.37. The van der Waals surface area contributed by atoms with Crippen molar-refractivity contribution in [2.45, 2.75) is 33.0 Å². The first kappa shape index (κ1) is 32.8. The molecule has 2 heterocycles. The molecule has 0 fully saturated rings. The molecule has 2 amide bonds. The molecule has 2 aromatic heterocycles. The number of halogens is 3. The maximum Gasteiger partial charge on any atom is 0.490 e. The van der Waals surface area contributed by atoms with Gasteiger partial charge >= 0.3 is 18.1 Å². The van der Waals surface area contributed by atoms with E-state index in [4.69, 9.17) is 24.6 Å². The van der Waals surface area contributed by atoms with Gasteiger partial charge in [-0.15, -0.1) is 11.3 Å². The molecule has 2 aromatic rings. The molecular formula is C23H26F3N5O7S. The molecule has 2 rings (SSSR count). The highest BCUT2D eigenvalue weighted by Crippen LogP contribution is 2.33. The van der Waals surface area contributed by atoms with Crippen LogP contribution < -0.4 is 20.7 Å². The molecule has 212 valence electrons. The zero-order valence-corrected chi connectivity index (χ0v) is 22.1. The van der Waals surface area contributed by atoms with Crippen LogP contribution in [0.2, 0.25) is 0 Å². The Labute approximate surface area is 225 Å². The number of carbonyl (C=O) groups excluding carboxylic acids is 3. The topological polar surface area (TPSA) is 180 Å². The zero-order chi connectivity index (χ0) is 29.8. The maximum absolute atomic E-state index is 12.6. The molecule has 0 saturated heterocycles. The summed E-state index contributed by atoms with van der Waals surface area (Å²) in [5, 5.41) is 24.4. The quantitative estimate of drug-likeness (QED) is 0.244. The second kappa shape index (κ2) is 15.2. The molecule has 12 nitrogen and oxygen atoms in total. The summed E-state index contributed by atoms with van der Waals surface area (Å²) >= 11 is 1.02. The third-order valence-corrected chi connectivity index (χ3v) is 5.81. The van der Waals surface area contributed by atoms with E-state index in [1.54, 1.807) is 32.9 Å². The van der Waals surface area contributed by atoms with Crippen LogP contribution in [-0.2, 0) is 14.3 Å². The molecule has 1 atom stereocenters. The lowest BCUT2D eigenvalue weighted by molar-refractivity contribution is -0.192. The number of alkyl halides is 3. The number of ether oxygens (including phenoxy) is 2. The van der Waals surface area contributed by atoms with Gasteiger partial charge in [-0.25, -0.2) is 14.6 Å². The van der Waals surface area contributed by atoms with Crippen molar-refractivity contribution in [3.05, 3.63) is 39.9 Å². The van der Waals surface area contributed by atoms with Crippen LogP contribution in [0.15, 0.2) is 18.3 Å². The molecule has 0 aliphatic carbocycles. The number of esters is 1. The summed E-state index contributed by atoms with van der Waals surface area (Å²) in [6.45, 7) is 5.76. The van der Waals surface area contributed by atoms with Crippen molar-refractivity contribution in [1.82, 2.24) is 15.6 Å². The van der Waals surface area contributed by atoms with Gasteiger partial charge in [-0.05, 0) is 32.4 Å². The Kier molecular flexibility index (Phi) is 12.8. The summed E-state index contributed by atoms with van der Waals surface area (Å²) in [7, 11) is 1.49. The summed E-state index contributed by atoms with van der Waals surface area (Å²) < 4.78 is 42.3. The largest absolute Gasteiger partial charge is 0.490 e. The maximum atomic E-state index is 12.6. The fourth-order valence-corrected chi connectivity index (χ4v) is 3.80. The van der Waals surface area contributed by atoms with E-state index in [0.717, 1.165) is 11.3 Å². The lowest BCUT2D eigenvalue weighted by atomic mass is 10.1. The van der Waals surface area contributed by atoms with Gasteiger partial charge in [0, 0.05) is 25.9 Å². The SMILES string of the molecule is CCOC(=O)c1c(NC(=O)C(C)NCCOc2ccc(C#N)cn2)sc(C(=O)NC)c1C.O=C(O)C(F)(F)F. The second-order valence-corrected chi connectivity index (χ2v) is 8.39. The van der Waals surface area contributed by atoms with E-state index in [2.05, 4.69) is 20.9 Å². The van der Waals surface area contributed by atoms with Gasteiger partial charge in [-0.3, -0.25) is 9.59 Å². The number of carbonyl (C=O) groups is 4. The Balaban J connectivity index is 0.000000956. The molecule has 0 radical (unpaired) electrons. The number of nitriles is 1. The molecule has 0 aliphatic rings. The highest BCUT2D eigenvalue weighted by Gasteiger charge is 2.38. The number of rotatable bonds is 10. The third kappa shape index (κ3) is 10.2. The van der Waals surface area contributed by atoms with Crippen molar-refractivity contribution >= 4 is 40.1 Å². The van der Waals surface area contributed by atoms with E-state index in [-0.39, 0.29) is 35.6 Å². The Morgan fingerprint density at radius 3 is 2.38 bits per heavy atom. The molecule has 4 N–H and O–H groups in total. The predicted molar refractivity (Wildman–Crippen MR) is 133 cm³/mol. The minimum atomic E-state index is -5.08. The third-order valence-electron chi connectivity index (χ3n) is 4.60. The van der Waals surface area contributed by atoms with Crippen LogP contribution in [-0.4, -0.2) is 72.9 Å². The number of aromatic nitrogens is 1. The van der Waals surface area contributed by atoms with Crippen molar-refractivity contribution in [3.63, 3.8) is 0 Å². The molecule has 39 heavy (non-hydrogen) atoms. The Bertz CT molecular complexity index is 1210. The minimum absolute atomic E-state index is 0.170. The standard InChI is InChI=1S/C21H25N5O5S.C2HF3O2/c1-5-30-21(29)16-12(2)17(19(28)23-4)32-20(16)26-18(27)13(3)24-8-9-31-15-7-6-14(10-22)11-25-15;3-2(4,5)1(6)7/h6-7,11,13,24H,5,8-9H2,1-4H3,(H,23,28)(H,26,27);(H,6,7). The molecule has 0 saturated carbocycles. The molecule has 1 unspecified atom stereocenters. The van der Waals surface area contributed by atoms with Gasteiger partial charge in [0.15, 0.2) is 0 Å². The molecule has 0 aromatic carbocycles. The van der Waals surface area contributed by atoms with E-state index in [1.165, 1.54) is 13.2 Å². The van der Waals surface area contributed by atoms with Crippen molar-refractivity contribution in [2.24, 2.45) is 0 Å². The van der Waals surface area contributed by atoms with Crippen molar-refractivity contribution in [3.8, 4) is 11.9 Å². The Hall–Kier alpha value is -4.23. The number of hydrogen-bond donors (Lipinski definition) is 4. The lowest BCUT2D eigenvalue weighted by Gasteiger charge is -2.14. The number of anilines is 1. The number of thiophene rings is 1. The number of nitrogens with one attached hydrogen (secondary N) is 3. The first-order valence-electron chi connectivity index (χ1n) is 11.1. The van der Waals surface area contributed by atoms with Crippen molar-refractivity contribution in [1.29, 1.82) is 5.26 Å². The van der Waals surface area contributed by atoms with Gasteiger partial charge in [0.1, 0.15) is 17.7 Å². The molecular weight excluding hydrogens is 547 g/mol. The van der Waals surface area contributed by atoms with Gasteiger partial charge in [-0.2, -0.15) is 18.4 Å². The normalized spacial score (nSPS) is 11.2. The lowest BCUT2D eigenvalue weighted by Crippen LogP contribution is -2.40. The van der Waals surface area contributed by atoms with Gasteiger partial charge in [0.25, 0.3) is 5.91 Å². The smallest absolute Gasteiger partial charge is 0.476 e. The number of carboxylic acid groups (broad SMARTS) is 1. The van der Waals surface area contributed by atoms with Crippen LogP contribution in [0.1, 0.15) is 45.0 Å². The molecule has 16 heteroatoms. The molecule has 0 spiro atoms. The van der Waals surface area contributed by atoms with Crippen LogP contribution in [0, 0.1) is 18.3 Å². The van der Waals surface area contributed by atoms with Gasteiger partial charge < -0.3 is 30.5 Å². The number of amides is 2. The first-order valence-corrected chi connectivity index (χ1v) is 11.9. The number of pyridine rings is 1. The zero-order valence-electron chi connectivity index (χ0n) is 21.3. The number of hydrogen-bond acceptors (Lipinski definition) is 10. The fourth-order valence-electron chi connectivity index (χ4n) is 2.66. The monoisotopic (exact) mass is 573 g/mol. The summed E-state index contributed by atoms with van der Waals surface area (Å²) in [6.07, 6.45) is -3.67. The summed E-state index contributed by atoms with van der Waals surface area (Å²) in [5.41, 5.74) is 1.06. The van der Waals surface area contributed by atoms with E-state index < -0.39 is 24.2 Å². The molecule has 0 bridgehead atoms. The molecule has 0 aliphatic heterocycles. The van der Waals surface area contributed by atoms with Crippen molar-refractivity contribution in [2.75, 3.05) is 32.1 Å². The average molecular weight is 574 g/mol. The highest BCUT2D eigenvalue weighted by atomic mass is 32.1. The average Bonchev–Trinajstić information content (AvgIpc) is 3.21. The van der Waals surface area contributed by atoms with E-state index in [1.807, 2.05) is 6.07 Å². The highest BCUT2D eigenvalue weighted by molar-refractivity contribution is 7.18. The Morgan fingerprint density at radius 1 is 1.26 bits per heavy atom.